The lowest BCUT2D eigenvalue weighted by Crippen LogP contribution is -2.41. The Morgan fingerprint density at radius 3 is 2.28 bits per heavy atom. The fourth-order valence-corrected chi connectivity index (χ4v) is 2.11. The quantitative estimate of drug-likeness (QED) is 0.584. The largest absolute Gasteiger partial charge is 0.481 e. The number of benzene rings is 1. The summed E-state index contributed by atoms with van der Waals surface area (Å²) < 4.78 is 36.0. The van der Waals surface area contributed by atoms with E-state index in [-0.39, 0.29) is 12.8 Å². The standard InChI is InChI=1S/C16H19F3N2O4/c17-16(18,19)10-20-13(22)9-14(23)21-12(6-7-15(24)25)8-11-4-2-1-3-5-11/h1-5,12H,6-10H2,(H,20,22)(H,21,23)(H,24,25). The minimum Gasteiger partial charge on any atom is -0.481 e. The highest BCUT2D eigenvalue weighted by atomic mass is 19.4. The molecule has 0 saturated heterocycles. The van der Waals surface area contributed by atoms with E-state index < -0.39 is 43.0 Å². The molecule has 138 valence electrons. The van der Waals surface area contributed by atoms with Gasteiger partial charge in [-0.25, -0.2) is 0 Å². The van der Waals surface area contributed by atoms with Gasteiger partial charge in [0.25, 0.3) is 0 Å². The van der Waals surface area contributed by atoms with Gasteiger partial charge in [0, 0.05) is 12.5 Å². The summed E-state index contributed by atoms with van der Waals surface area (Å²) in [6.45, 7) is -1.51. The molecule has 9 heteroatoms. The Labute approximate surface area is 142 Å². The Kier molecular flexibility index (Phi) is 7.90. The molecule has 0 bridgehead atoms. The highest BCUT2D eigenvalue weighted by Gasteiger charge is 2.28. The number of carboxylic acids is 1. The van der Waals surface area contributed by atoms with E-state index in [4.69, 9.17) is 5.11 Å². The van der Waals surface area contributed by atoms with Crippen LogP contribution in [0.25, 0.3) is 0 Å². The summed E-state index contributed by atoms with van der Waals surface area (Å²) in [5, 5.41) is 12.9. The third-order valence-corrected chi connectivity index (χ3v) is 3.20. The lowest BCUT2D eigenvalue weighted by molar-refractivity contribution is -0.141. The summed E-state index contributed by atoms with van der Waals surface area (Å²) in [4.78, 5) is 33.9. The van der Waals surface area contributed by atoms with Crippen LogP contribution in [-0.4, -0.2) is 41.7 Å². The molecule has 0 saturated carbocycles. The van der Waals surface area contributed by atoms with Gasteiger partial charge in [0.05, 0.1) is 0 Å². The second-order valence-electron chi connectivity index (χ2n) is 5.46. The van der Waals surface area contributed by atoms with Crippen LogP contribution >= 0.6 is 0 Å². The number of carbonyl (C=O) groups excluding carboxylic acids is 2. The monoisotopic (exact) mass is 360 g/mol. The third-order valence-electron chi connectivity index (χ3n) is 3.20. The molecule has 0 spiro atoms. The van der Waals surface area contributed by atoms with E-state index in [1.165, 1.54) is 0 Å². The summed E-state index contributed by atoms with van der Waals surface area (Å²) in [7, 11) is 0. The number of carbonyl (C=O) groups is 3. The third kappa shape index (κ3) is 10.0. The molecule has 1 aromatic rings. The van der Waals surface area contributed by atoms with Crippen LogP contribution in [0.1, 0.15) is 24.8 Å². The Hall–Kier alpha value is -2.58. The number of halogens is 3. The fourth-order valence-electron chi connectivity index (χ4n) is 2.11. The second kappa shape index (κ2) is 9.65. The van der Waals surface area contributed by atoms with Crippen molar-refractivity contribution in [2.24, 2.45) is 0 Å². The molecular formula is C16H19F3N2O4. The first-order chi connectivity index (χ1) is 11.7. The van der Waals surface area contributed by atoms with Gasteiger partial charge in [-0.3, -0.25) is 14.4 Å². The SMILES string of the molecule is O=C(O)CCC(Cc1ccccc1)NC(=O)CC(=O)NCC(F)(F)F. The summed E-state index contributed by atoms with van der Waals surface area (Å²) in [6, 6.07) is 8.44. The number of amides is 2. The van der Waals surface area contributed by atoms with E-state index in [9.17, 15) is 27.6 Å². The highest BCUT2D eigenvalue weighted by molar-refractivity contribution is 5.97. The summed E-state index contributed by atoms with van der Waals surface area (Å²) in [5.74, 6) is -2.84. The van der Waals surface area contributed by atoms with Gasteiger partial charge in [0.15, 0.2) is 0 Å². The molecule has 1 rings (SSSR count). The zero-order valence-corrected chi connectivity index (χ0v) is 13.3. The molecule has 0 aliphatic heterocycles. The van der Waals surface area contributed by atoms with Crippen molar-refractivity contribution in [3.8, 4) is 0 Å². The summed E-state index contributed by atoms with van der Waals surface area (Å²) in [5.41, 5.74) is 0.861. The van der Waals surface area contributed by atoms with Crippen molar-refractivity contribution in [2.75, 3.05) is 6.54 Å². The van der Waals surface area contributed by atoms with Crippen molar-refractivity contribution in [1.82, 2.24) is 10.6 Å². The molecule has 6 nitrogen and oxygen atoms in total. The van der Waals surface area contributed by atoms with Crippen LogP contribution in [0.4, 0.5) is 13.2 Å². The number of carboxylic acid groups (broad SMARTS) is 1. The lowest BCUT2D eigenvalue weighted by atomic mass is 10.0. The van der Waals surface area contributed by atoms with Crippen LogP contribution in [0.15, 0.2) is 30.3 Å². The Balaban J connectivity index is 2.55. The maximum Gasteiger partial charge on any atom is 0.405 e. The molecule has 3 N–H and O–H groups in total. The smallest absolute Gasteiger partial charge is 0.405 e. The normalized spacial score (nSPS) is 12.3. The van der Waals surface area contributed by atoms with E-state index in [0.29, 0.717) is 6.42 Å². The first kappa shape index (κ1) is 20.5. The minimum atomic E-state index is -4.55. The van der Waals surface area contributed by atoms with Crippen molar-refractivity contribution in [3.63, 3.8) is 0 Å². The maximum atomic E-state index is 12.0. The zero-order valence-electron chi connectivity index (χ0n) is 13.3. The number of hydrogen-bond acceptors (Lipinski definition) is 3. The highest BCUT2D eigenvalue weighted by Crippen LogP contribution is 2.12. The van der Waals surface area contributed by atoms with Gasteiger partial charge in [0.1, 0.15) is 13.0 Å². The second-order valence-corrected chi connectivity index (χ2v) is 5.46. The van der Waals surface area contributed by atoms with E-state index in [2.05, 4.69) is 5.32 Å². The topological polar surface area (TPSA) is 95.5 Å². The average Bonchev–Trinajstić information content (AvgIpc) is 2.51. The van der Waals surface area contributed by atoms with Crippen molar-refractivity contribution >= 4 is 17.8 Å². The molecule has 25 heavy (non-hydrogen) atoms. The molecule has 0 heterocycles. The average molecular weight is 360 g/mol. The first-order valence-electron chi connectivity index (χ1n) is 7.54. The molecule has 1 unspecified atom stereocenters. The van der Waals surface area contributed by atoms with E-state index in [0.717, 1.165) is 5.56 Å². The van der Waals surface area contributed by atoms with Crippen molar-refractivity contribution < 1.29 is 32.7 Å². The number of nitrogens with one attached hydrogen (secondary N) is 2. The minimum absolute atomic E-state index is 0.139. The van der Waals surface area contributed by atoms with Crippen LogP contribution in [0.5, 0.6) is 0 Å². The lowest BCUT2D eigenvalue weighted by Gasteiger charge is -2.18. The molecular weight excluding hydrogens is 341 g/mol. The van der Waals surface area contributed by atoms with Crippen LogP contribution < -0.4 is 10.6 Å². The zero-order chi connectivity index (χ0) is 18.9. The molecule has 0 radical (unpaired) electrons. The van der Waals surface area contributed by atoms with Crippen molar-refractivity contribution in [1.29, 1.82) is 0 Å². The van der Waals surface area contributed by atoms with Crippen LogP contribution in [-0.2, 0) is 20.8 Å². The van der Waals surface area contributed by atoms with Gasteiger partial charge >= 0.3 is 12.1 Å². The Morgan fingerprint density at radius 1 is 1.08 bits per heavy atom. The van der Waals surface area contributed by atoms with Gasteiger partial charge in [0.2, 0.25) is 11.8 Å². The van der Waals surface area contributed by atoms with Crippen LogP contribution in [0.2, 0.25) is 0 Å². The summed E-state index contributed by atoms with van der Waals surface area (Å²) >= 11 is 0. The molecule has 0 fully saturated rings. The van der Waals surface area contributed by atoms with E-state index in [1.54, 1.807) is 35.6 Å². The molecule has 0 aliphatic carbocycles. The van der Waals surface area contributed by atoms with E-state index in [1.807, 2.05) is 0 Å². The van der Waals surface area contributed by atoms with Gasteiger partial charge in [-0.2, -0.15) is 13.2 Å². The fraction of sp³-hybridized carbons (Fsp3) is 0.438. The number of aliphatic carboxylic acids is 1. The summed E-state index contributed by atoms with van der Waals surface area (Å²) in [6.07, 6.45) is -5.00. The van der Waals surface area contributed by atoms with Crippen molar-refractivity contribution in [3.05, 3.63) is 35.9 Å². The number of alkyl halides is 3. The molecule has 0 aromatic heterocycles. The maximum absolute atomic E-state index is 12.0. The molecule has 2 amide bonds. The molecule has 1 atom stereocenters. The van der Waals surface area contributed by atoms with Crippen molar-refractivity contribution in [2.45, 2.75) is 37.9 Å². The van der Waals surface area contributed by atoms with Crippen LogP contribution in [0, 0.1) is 0 Å². The molecule has 1 aromatic carbocycles. The number of rotatable bonds is 9. The van der Waals surface area contributed by atoms with E-state index >= 15 is 0 Å². The van der Waals surface area contributed by atoms with Crippen LogP contribution in [0.3, 0.4) is 0 Å². The van der Waals surface area contributed by atoms with Gasteiger partial charge in [-0.15, -0.1) is 0 Å². The Morgan fingerprint density at radius 2 is 1.72 bits per heavy atom. The van der Waals surface area contributed by atoms with Gasteiger partial charge in [-0.1, -0.05) is 30.3 Å². The number of hydrogen-bond donors (Lipinski definition) is 3. The molecule has 0 aliphatic rings. The Bertz CT molecular complexity index is 591. The van der Waals surface area contributed by atoms with Gasteiger partial charge < -0.3 is 15.7 Å². The predicted octanol–water partition coefficient (Wildman–Crippen LogP) is 1.65. The van der Waals surface area contributed by atoms with Gasteiger partial charge in [-0.05, 0) is 18.4 Å². The first-order valence-corrected chi connectivity index (χ1v) is 7.54. The predicted molar refractivity (Wildman–Crippen MR) is 82.6 cm³/mol.